The van der Waals surface area contributed by atoms with Gasteiger partial charge in [0.1, 0.15) is 6.04 Å². The molecule has 2 amide bonds. The fourth-order valence-corrected chi connectivity index (χ4v) is 1.89. The summed E-state index contributed by atoms with van der Waals surface area (Å²) in [6.45, 7) is 2.51. The van der Waals surface area contributed by atoms with Gasteiger partial charge in [-0.2, -0.15) is 11.8 Å². The van der Waals surface area contributed by atoms with Crippen LogP contribution in [0.3, 0.4) is 0 Å². The summed E-state index contributed by atoms with van der Waals surface area (Å²) in [5.41, 5.74) is 0. The topological polar surface area (TPSA) is 116 Å². The van der Waals surface area contributed by atoms with Gasteiger partial charge < -0.3 is 20.8 Å². The maximum absolute atomic E-state index is 11.4. The highest BCUT2D eigenvalue weighted by molar-refractivity contribution is 7.99. The molecule has 1 unspecified atom stereocenters. The molecule has 0 aliphatic heterocycles. The average molecular weight is 292 g/mol. The second-order valence-electron chi connectivity index (χ2n) is 3.77. The summed E-state index contributed by atoms with van der Waals surface area (Å²) < 4.78 is 0. The van der Waals surface area contributed by atoms with Crippen molar-refractivity contribution < 1.29 is 24.6 Å². The van der Waals surface area contributed by atoms with Crippen LogP contribution in [0, 0.1) is 0 Å². The number of carboxylic acids is 2. The van der Waals surface area contributed by atoms with Crippen LogP contribution in [0.5, 0.6) is 0 Å². The van der Waals surface area contributed by atoms with Gasteiger partial charge in [-0.3, -0.25) is 4.79 Å². The second kappa shape index (κ2) is 10.5. The molecule has 0 aromatic carbocycles. The number of hydrogen-bond donors (Lipinski definition) is 4. The van der Waals surface area contributed by atoms with E-state index in [4.69, 9.17) is 10.2 Å². The number of hydrogen-bond acceptors (Lipinski definition) is 4. The van der Waals surface area contributed by atoms with Crippen LogP contribution in [0.4, 0.5) is 4.79 Å². The van der Waals surface area contributed by atoms with E-state index in [1.807, 2.05) is 6.92 Å². The molecule has 0 spiro atoms. The van der Waals surface area contributed by atoms with Crippen LogP contribution in [0.25, 0.3) is 0 Å². The summed E-state index contributed by atoms with van der Waals surface area (Å²) in [7, 11) is 0. The first-order valence-corrected chi connectivity index (χ1v) is 7.19. The molecule has 0 aromatic rings. The molecule has 4 N–H and O–H groups in total. The molecule has 7 nitrogen and oxygen atoms in total. The van der Waals surface area contributed by atoms with Crippen molar-refractivity contribution in [2.45, 2.75) is 32.2 Å². The largest absolute Gasteiger partial charge is 0.481 e. The van der Waals surface area contributed by atoms with E-state index in [1.165, 1.54) is 0 Å². The zero-order chi connectivity index (χ0) is 14.7. The zero-order valence-electron chi connectivity index (χ0n) is 10.8. The number of carbonyl (C=O) groups excluding carboxylic acids is 1. The Labute approximate surface area is 116 Å². The Balaban J connectivity index is 3.90. The number of carboxylic acid groups (broad SMARTS) is 2. The smallest absolute Gasteiger partial charge is 0.326 e. The summed E-state index contributed by atoms with van der Waals surface area (Å²) in [6, 6.07) is -1.76. The van der Waals surface area contributed by atoms with E-state index in [0.717, 1.165) is 17.9 Å². The number of thioether (sulfide) groups is 1. The van der Waals surface area contributed by atoms with Gasteiger partial charge in [-0.25, -0.2) is 9.59 Å². The molecule has 0 fully saturated rings. The van der Waals surface area contributed by atoms with Crippen LogP contribution in [-0.2, 0) is 9.59 Å². The van der Waals surface area contributed by atoms with Crippen molar-refractivity contribution in [3.8, 4) is 0 Å². The van der Waals surface area contributed by atoms with Gasteiger partial charge in [0.05, 0.1) is 0 Å². The van der Waals surface area contributed by atoms with Gasteiger partial charge in [0.2, 0.25) is 0 Å². The summed E-state index contributed by atoms with van der Waals surface area (Å²) in [5, 5.41) is 22.1. The van der Waals surface area contributed by atoms with Gasteiger partial charge >= 0.3 is 18.0 Å². The third-order valence-corrected chi connectivity index (χ3v) is 3.19. The fourth-order valence-electron chi connectivity index (χ4n) is 1.25. The molecule has 0 radical (unpaired) electrons. The Morgan fingerprint density at radius 2 is 1.95 bits per heavy atom. The highest BCUT2D eigenvalue weighted by Gasteiger charge is 2.20. The molecule has 1 atom stereocenters. The van der Waals surface area contributed by atoms with Crippen LogP contribution in [0.2, 0.25) is 0 Å². The molecule has 19 heavy (non-hydrogen) atoms. The van der Waals surface area contributed by atoms with Crippen LogP contribution in [0.1, 0.15) is 26.2 Å². The first-order valence-electron chi connectivity index (χ1n) is 6.04. The number of amides is 2. The Kier molecular flexibility index (Phi) is 9.69. The lowest BCUT2D eigenvalue weighted by molar-refractivity contribution is -0.140. The minimum Gasteiger partial charge on any atom is -0.481 e. The van der Waals surface area contributed by atoms with Gasteiger partial charge in [-0.05, 0) is 24.3 Å². The van der Waals surface area contributed by atoms with Gasteiger partial charge in [-0.1, -0.05) is 6.92 Å². The Morgan fingerprint density at radius 1 is 1.26 bits per heavy atom. The highest BCUT2D eigenvalue weighted by atomic mass is 32.2. The number of rotatable bonds is 10. The molecule has 0 aromatic heterocycles. The van der Waals surface area contributed by atoms with Crippen molar-refractivity contribution in [2.75, 3.05) is 18.1 Å². The van der Waals surface area contributed by atoms with Crippen LogP contribution >= 0.6 is 11.8 Å². The van der Waals surface area contributed by atoms with Crippen molar-refractivity contribution in [3.63, 3.8) is 0 Å². The third-order valence-electron chi connectivity index (χ3n) is 2.21. The monoisotopic (exact) mass is 292 g/mol. The summed E-state index contributed by atoms with van der Waals surface area (Å²) in [4.78, 5) is 32.6. The number of aliphatic carboxylic acids is 2. The maximum Gasteiger partial charge on any atom is 0.326 e. The van der Waals surface area contributed by atoms with Crippen molar-refractivity contribution in [3.05, 3.63) is 0 Å². The molecular weight excluding hydrogens is 272 g/mol. The Hall–Kier alpha value is -1.44. The van der Waals surface area contributed by atoms with Crippen molar-refractivity contribution in [1.29, 1.82) is 0 Å². The number of urea groups is 1. The van der Waals surface area contributed by atoms with E-state index >= 15 is 0 Å². The molecule has 0 bridgehead atoms. The van der Waals surface area contributed by atoms with E-state index in [0.29, 0.717) is 6.54 Å². The molecule has 0 saturated heterocycles. The van der Waals surface area contributed by atoms with Crippen molar-refractivity contribution in [1.82, 2.24) is 10.6 Å². The molecule has 0 aliphatic carbocycles. The van der Waals surface area contributed by atoms with Crippen LogP contribution in [-0.4, -0.2) is 52.3 Å². The van der Waals surface area contributed by atoms with E-state index in [2.05, 4.69) is 10.6 Å². The zero-order valence-corrected chi connectivity index (χ0v) is 11.7. The van der Waals surface area contributed by atoms with Gasteiger partial charge in [-0.15, -0.1) is 0 Å². The minimum atomic E-state index is -1.24. The quantitative estimate of drug-likeness (QED) is 0.441. The van der Waals surface area contributed by atoms with Crippen LogP contribution in [0.15, 0.2) is 0 Å². The molecular formula is C11H20N2O5S. The van der Waals surface area contributed by atoms with E-state index in [-0.39, 0.29) is 12.8 Å². The summed E-state index contributed by atoms with van der Waals surface area (Å²) >= 11 is 1.76. The molecule has 0 rings (SSSR count). The van der Waals surface area contributed by atoms with E-state index in [1.54, 1.807) is 11.8 Å². The van der Waals surface area contributed by atoms with Crippen molar-refractivity contribution >= 4 is 29.7 Å². The fraction of sp³-hybridized carbons (Fsp3) is 0.727. The van der Waals surface area contributed by atoms with E-state index < -0.39 is 24.0 Å². The molecule has 0 saturated carbocycles. The van der Waals surface area contributed by atoms with E-state index in [9.17, 15) is 14.4 Å². The van der Waals surface area contributed by atoms with Crippen LogP contribution < -0.4 is 10.6 Å². The molecule has 8 heteroatoms. The molecule has 0 aliphatic rings. The highest BCUT2D eigenvalue weighted by Crippen LogP contribution is 2.00. The minimum absolute atomic E-state index is 0.135. The predicted octanol–water partition coefficient (Wildman–Crippen LogP) is 0.747. The lowest BCUT2D eigenvalue weighted by Gasteiger charge is -2.14. The predicted molar refractivity (Wildman–Crippen MR) is 72.4 cm³/mol. The Bertz CT molecular complexity index is 311. The lowest BCUT2D eigenvalue weighted by atomic mass is 10.1. The number of nitrogens with one attached hydrogen (secondary N) is 2. The first-order chi connectivity index (χ1) is 8.97. The average Bonchev–Trinajstić information content (AvgIpc) is 2.33. The standard InChI is InChI=1S/C11H20N2O5S/c1-2-19-7-3-6-12-11(18)13-8(10(16)17)4-5-9(14)15/h8H,2-7H2,1H3,(H,14,15)(H,16,17)(H2,12,13,18). The Morgan fingerprint density at radius 3 is 2.47 bits per heavy atom. The first kappa shape index (κ1) is 17.6. The maximum atomic E-state index is 11.4. The molecule has 110 valence electrons. The molecule has 0 heterocycles. The normalized spacial score (nSPS) is 11.6. The SMILES string of the molecule is CCSCCCNC(=O)NC(CCC(=O)O)C(=O)O. The van der Waals surface area contributed by atoms with Gasteiger partial charge in [0.15, 0.2) is 0 Å². The lowest BCUT2D eigenvalue weighted by Crippen LogP contribution is -2.46. The van der Waals surface area contributed by atoms with Crippen molar-refractivity contribution in [2.24, 2.45) is 0 Å². The second-order valence-corrected chi connectivity index (χ2v) is 5.17. The van der Waals surface area contributed by atoms with Gasteiger partial charge in [0, 0.05) is 13.0 Å². The van der Waals surface area contributed by atoms with Gasteiger partial charge in [0.25, 0.3) is 0 Å². The summed E-state index contributed by atoms with van der Waals surface area (Å²) in [5.74, 6) is -0.386. The number of carbonyl (C=O) groups is 3. The summed E-state index contributed by atoms with van der Waals surface area (Å²) in [6.07, 6.45) is 0.368. The third kappa shape index (κ3) is 10.2.